The Balaban J connectivity index is 4.30. The van der Waals surface area contributed by atoms with Gasteiger partial charge in [-0.3, -0.25) is 4.79 Å². The van der Waals surface area contributed by atoms with E-state index in [-0.39, 0.29) is 0 Å². The molecular weight excluding hydrogens is 206 g/mol. The van der Waals surface area contributed by atoms with Crippen LogP contribution >= 0.6 is 0 Å². The molecule has 0 fully saturated rings. The maximum atomic E-state index is 11.4. The van der Waals surface area contributed by atoms with Gasteiger partial charge in [0.1, 0.15) is 0 Å². The zero-order valence-electron chi connectivity index (χ0n) is 10.8. The first-order valence-corrected chi connectivity index (χ1v) is 6.20. The highest BCUT2D eigenvalue weighted by Crippen LogP contribution is 2.21. The lowest BCUT2D eigenvalue weighted by Gasteiger charge is -2.29. The van der Waals surface area contributed by atoms with Crippen LogP contribution in [0.4, 0.5) is 0 Å². The van der Waals surface area contributed by atoms with E-state index in [1.54, 1.807) is 0 Å². The van der Waals surface area contributed by atoms with E-state index in [9.17, 15) is 4.79 Å². The SMILES string of the molecule is CCCCCCC(OCC)(OCC)C(N)=O. The average molecular weight is 231 g/mol. The molecule has 0 unspecified atom stereocenters. The molecule has 16 heavy (non-hydrogen) atoms. The average Bonchev–Trinajstić information content (AvgIpc) is 2.24. The second kappa shape index (κ2) is 8.53. The molecule has 96 valence electrons. The number of unbranched alkanes of at least 4 members (excludes halogenated alkanes) is 3. The number of hydrogen-bond donors (Lipinski definition) is 1. The van der Waals surface area contributed by atoms with Crippen molar-refractivity contribution in [3.8, 4) is 0 Å². The summed E-state index contributed by atoms with van der Waals surface area (Å²) in [6.45, 7) is 6.67. The molecule has 2 N–H and O–H groups in total. The second-order valence-corrected chi connectivity index (χ2v) is 3.79. The standard InChI is InChI=1S/C12H25NO3/c1-4-7-8-9-10-12(11(13)14,15-5-2)16-6-3/h4-10H2,1-3H3,(H2,13,14). The number of amides is 1. The van der Waals surface area contributed by atoms with Gasteiger partial charge in [-0.15, -0.1) is 0 Å². The summed E-state index contributed by atoms with van der Waals surface area (Å²) in [4.78, 5) is 11.4. The lowest BCUT2D eigenvalue weighted by Crippen LogP contribution is -2.48. The number of carbonyl (C=O) groups is 1. The molecule has 0 aromatic heterocycles. The van der Waals surface area contributed by atoms with Gasteiger partial charge in [0, 0.05) is 19.6 Å². The Morgan fingerprint density at radius 2 is 1.62 bits per heavy atom. The fraction of sp³-hybridized carbons (Fsp3) is 0.917. The third kappa shape index (κ3) is 4.94. The lowest BCUT2D eigenvalue weighted by atomic mass is 10.1. The van der Waals surface area contributed by atoms with Gasteiger partial charge in [-0.1, -0.05) is 26.2 Å². The number of primary amides is 1. The van der Waals surface area contributed by atoms with Crippen molar-refractivity contribution in [1.29, 1.82) is 0 Å². The van der Waals surface area contributed by atoms with Crippen molar-refractivity contribution in [2.75, 3.05) is 13.2 Å². The minimum absolute atomic E-state index is 0.427. The first kappa shape index (κ1) is 15.4. The number of carbonyl (C=O) groups excluding carboxylic acids is 1. The monoisotopic (exact) mass is 231 g/mol. The van der Waals surface area contributed by atoms with Crippen molar-refractivity contribution >= 4 is 5.91 Å². The Hall–Kier alpha value is -0.610. The third-order valence-electron chi connectivity index (χ3n) is 2.49. The van der Waals surface area contributed by atoms with Crippen molar-refractivity contribution < 1.29 is 14.3 Å². The lowest BCUT2D eigenvalue weighted by molar-refractivity contribution is -0.228. The molecular formula is C12H25NO3. The van der Waals surface area contributed by atoms with Crippen molar-refractivity contribution in [3.63, 3.8) is 0 Å². The Kier molecular flexibility index (Phi) is 8.21. The van der Waals surface area contributed by atoms with Gasteiger partial charge < -0.3 is 15.2 Å². The Morgan fingerprint density at radius 3 is 2.00 bits per heavy atom. The summed E-state index contributed by atoms with van der Waals surface area (Å²) in [7, 11) is 0. The summed E-state index contributed by atoms with van der Waals surface area (Å²) in [5.74, 6) is -1.73. The summed E-state index contributed by atoms with van der Waals surface area (Å²) in [5, 5.41) is 0. The van der Waals surface area contributed by atoms with E-state index in [1.807, 2.05) is 13.8 Å². The van der Waals surface area contributed by atoms with Crippen LogP contribution in [0, 0.1) is 0 Å². The Bertz CT molecular complexity index is 189. The molecule has 0 aliphatic rings. The summed E-state index contributed by atoms with van der Waals surface area (Å²) in [5.41, 5.74) is 5.37. The van der Waals surface area contributed by atoms with E-state index in [1.165, 1.54) is 0 Å². The summed E-state index contributed by atoms with van der Waals surface area (Å²) in [6.07, 6.45) is 4.84. The van der Waals surface area contributed by atoms with Crippen LogP contribution in [0.3, 0.4) is 0 Å². The molecule has 0 heterocycles. The highest BCUT2D eigenvalue weighted by molar-refractivity contribution is 5.81. The van der Waals surface area contributed by atoms with Crippen LogP contribution in [0.1, 0.15) is 52.9 Å². The van der Waals surface area contributed by atoms with Crippen LogP contribution in [0.15, 0.2) is 0 Å². The van der Waals surface area contributed by atoms with Gasteiger partial charge in [-0.05, 0) is 20.3 Å². The highest BCUT2D eigenvalue weighted by Gasteiger charge is 2.37. The van der Waals surface area contributed by atoms with E-state index in [0.29, 0.717) is 19.6 Å². The molecule has 0 saturated carbocycles. The normalized spacial score (nSPS) is 11.7. The van der Waals surface area contributed by atoms with Crippen LogP contribution in [-0.4, -0.2) is 24.9 Å². The van der Waals surface area contributed by atoms with Crippen molar-refractivity contribution in [2.45, 2.75) is 58.7 Å². The number of ether oxygens (including phenoxy) is 2. The van der Waals surface area contributed by atoms with E-state index < -0.39 is 11.7 Å². The minimum Gasteiger partial charge on any atom is -0.365 e. The molecule has 1 amide bonds. The first-order valence-electron chi connectivity index (χ1n) is 6.20. The van der Waals surface area contributed by atoms with E-state index in [2.05, 4.69) is 6.92 Å². The molecule has 4 nitrogen and oxygen atoms in total. The molecule has 0 bridgehead atoms. The zero-order valence-corrected chi connectivity index (χ0v) is 10.8. The van der Waals surface area contributed by atoms with E-state index in [4.69, 9.17) is 15.2 Å². The molecule has 0 aromatic carbocycles. The van der Waals surface area contributed by atoms with Gasteiger partial charge in [0.25, 0.3) is 5.91 Å². The predicted octanol–water partition coefficient (Wildman–Crippen LogP) is 2.21. The summed E-state index contributed by atoms with van der Waals surface area (Å²) < 4.78 is 10.8. The number of hydrogen-bond acceptors (Lipinski definition) is 3. The third-order valence-corrected chi connectivity index (χ3v) is 2.49. The Labute approximate surface area is 98.5 Å². The van der Waals surface area contributed by atoms with Crippen molar-refractivity contribution in [3.05, 3.63) is 0 Å². The topological polar surface area (TPSA) is 61.6 Å². The summed E-state index contributed by atoms with van der Waals surface area (Å²) >= 11 is 0. The van der Waals surface area contributed by atoms with Crippen LogP contribution in [0.25, 0.3) is 0 Å². The van der Waals surface area contributed by atoms with Crippen LogP contribution in [0.2, 0.25) is 0 Å². The van der Waals surface area contributed by atoms with Gasteiger partial charge in [-0.25, -0.2) is 0 Å². The molecule has 0 radical (unpaired) electrons. The Morgan fingerprint density at radius 1 is 1.06 bits per heavy atom. The second-order valence-electron chi connectivity index (χ2n) is 3.79. The van der Waals surface area contributed by atoms with Crippen molar-refractivity contribution in [2.24, 2.45) is 5.73 Å². The summed E-state index contributed by atoms with van der Waals surface area (Å²) in [6, 6.07) is 0. The van der Waals surface area contributed by atoms with Crippen LogP contribution < -0.4 is 5.73 Å². The molecule has 0 aromatic rings. The van der Waals surface area contributed by atoms with E-state index in [0.717, 1.165) is 25.7 Å². The smallest absolute Gasteiger partial charge is 0.277 e. The zero-order chi connectivity index (χ0) is 12.4. The van der Waals surface area contributed by atoms with Crippen LogP contribution in [0.5, 0.6) is 0 Å². The van der Waals surface area contributed by atoms with Gasteiger partial charge in [0.05, 0.1) is 0 Å². The van der Waals surface area contributed by atoms with E-state index >= 15 is 0 Å². The fourth-order valence-corrected chi connectivity index (χ4v) is 1.70. The molecule has 0 atom stereocenters. The maximum Gasteiger partial charge on any atom is 0.277 e. The van der Waals surface area contributed by atoms with Gasteiger partial charge in [-0.2, -0.15) is 0 Å². The highest BCUT2D eigenvalue weighted by atomic mass is 16.7. The molecule has 0 aliphatic heterocycles. The molecule has 4 heteroatoms. The van der Waals surface area contributed by atoms with Gasteiger partial charge >= 0.3 is 0 Å². The maximum absolute atomic E-state index is 11.4. The predicted molar refractivity (Wildman–Crippen MR) is 63.9 cm³/mol. The molecule has 0 saturated heterocycles. The molecule has 0 rings (SSSR count). The fourth-order valence-electron chi connectivity index (χ4n) is 1.70. The van der Waals surface area contributed by atoms with Gasteiger partial charge in [0.2, 0.25) is 5.79 Å². The number of rotatable bonds is 10. The quantitative estimate of drug-likeness (QED) is 0.463. The molecule has 0 aliphatic carbocycles. The molecule has 0 spiro atoms. The minimum atomic E-state index is -1.21. The largest absolute Gasteiger partial charge is 0.365 e. The number of nitrogens with two attached hydrogens (primary N) is 1. The van der Waals surface area contributed by atoms with Crippen LogP contribution in [-0.2, 0) is 14.3 Å². The first-order chi connectivity index (χ1) is 7.63. The van der Waals surface area contributed by atoms with Crippen molar-refractivity contribution in [1.82, 2.24) is 0 Å². The van der Waals surface area contributed by atoms with Gasteiger partial charge in [0.15, 0.2) is 0 Å².